The quantitative estimate of drug-likeness (QED) is 0.864. The third-order valence-electron chi connectivity index (χ3n) is 3.19. The van der Waals surface area contributed by atoms with Gasteiger partial charge in [0, 0.05) is 16.7 Å². The Kier molecular flexibility index (Phi) is 4.81. The van der Waals surface area contributed by atoms with Crippen molar-refractivity contribution in [3.8, 4) is 0 Å². The van der Waals surface area contributed by atoms with Crippen molar-refractivity contribution in [1.82, 2.24) is 0 Å². The topological polar surface area (TPSA) is 32.3 Å². The van der Waals surface area contributed by atoms with E-state index in [1.54, 1.807) is 0 Å². The lowest BCUT2D eigenvalue weighted by molar-refractivity contribution is 0.0457. The molecule has 1 rings (SSSR count). The molecule has 0 saturated carbocycles. The summed E-state index contributed by atoms with van der Waals surface area (Å²) < 4.78 is 1.09. The van der Waals surface area contributed by atoms with Gasteiger partial charge in [0.15, 0.2) is 0 Å². The Morgan fingerprint density at radius 1 is 1.31 bits per heavy atom. The summed E-state index contributed by atoms with van der Waals surface area (Å²) >= 11 is 3.50. The molecule has 0 fully saturated rings. The van der Waals surface area contributed by atoms with Crippen LogP contribution in [0.15, 0.2) is 22.7 Å². The maximum Gasteiger partial charge on any atom is 0.0814 e. The van der Waals surface area contributed by atoms with Crippen LogP contribution in [0, 0.1) is 6.92 Å². The van der Waals surface area contributed by atoms with Crippen LogP contribution in [-0.4, -0.2) is 17.3 Å². The Hall–Kier alpha value is -0.540. The summed E-state index contributed by atoms with van der Waals surface area (Å²) in [5, 5.41) is 13.5. The Balaban J connectivity index is 2.71. The van der Waals surface area contributed by atoms with Crippen molar-refractivity contribution < 1.29 is 5.11 Å². The van der Waals surface area contributed by atoms with E-state index in [1.165, 1.54) is 5.56 Å². The smallest absolute Gasteiger partial charge is 0.0814 e. The normalized spacial score (nSPS) is 11.6. The van der Waals surface area contributed by atoms with Crippen LogP contribution >= 0.6 is 15.9 Å². The molecule has 0 saturated heterocycles. The van der Waals surface area contributed by atoms with E-state index in [-0.39, 0.29) is 0 Å². The zero-order chi connectivity index (χ0) is 12.2. The van der Waals surface area contributed by atoms with Gasteiger partial charge >= 0.3 is 0 Å². The highest BCUT2D eigenvalue weighted by Crippen LogP contribution is 2.24. The predicted molar refractivity (Wildman–Crippen MR) is 72.9 cm³/mol. The van der Waals surface area contributed by atoms with Gasteiger partial charge in [0.2, 0.25) is 0 Å². The molecule has 0 heterocycles. The molecular formula is C13H20BrNO. The number of halogens is 1. The van der Waals surface area contributed by atoms with E-state index >= 15 is 0 Å². The Morgan fingerprint density at radius 2 is 1.94 bits per heavy atom. The lowest BCUT2D eigenvalue weighted by Gasteiger charge is -2.26. The second-order valence-electron chi connectivity index (χ2n) is 4.20. The summed E-state index contributed by atoms with van der Waals surface area (Å²) in [7, 11) is 0. The number of anilines is 1. The van der Waals surface area contributed by atoms with Crippen LogP contribution in [0.1, 0.15) is 32.3 Å². The van der Waals surface area contributed by atoms with Crippen molar-refractivity contribution in [3.05, 3.63) is 28.2 Å². The molecule has 90 valence electrons. The van der Waals surface area contributed by atoms with Crippen molar-refractivity contribution in [3.63, 3.8) is 0 Å². The first-order valence-electron chi connectivity index (χ1n) is 5.74. The van der Waals surface area contributed by atoms with E-state index in [0.29, 0.717) is 6.54 Å². The van der Waals surface area contributed by atoms with Gasteiger partial charge in [0.05, 0.1) is 5.60 Å². The maximum absolute atomic E-state index is 10.2. The fourth-order valence-corrected chi connectivity index (χ4v) is 1.92. The first-order chi connectivity index (χ1) is 7.52. The van der Waals surface area contributed by atoms with Gasteiger partial charge in [-0.05, 0) is 37.5 Å². The first kappa shape index (κ1) is 13.5. The van der Waals surface area contributed by atoms with Crippen molar-refractivity contribution >= 4 is 21.6 Å². The molecule has 0 aliphatic carbocycles. The highest BCUT2D eigenvalue weighted by atomic mass is 79.9. The lowest BCUT2D eigenvalue weighted by Crippen LogP contribution is -2.35. The van der Waals surface area contributed by atoms with Gasteiger partial charge < -0.3 is 10.4 Å². The van der Waals surface area contributed by atoms with E-state index in [0.717, 1.165) is 23.0 Å². The van der Waals surface area contributed by atoms with Crippen LogP contribution in [0.2, 0.25) is 0 Å². The van der Waals surface area contributed by atoms with E-state index in [2.05, 4.69) is 28.2 Å². The van der Waals surface area contributed by atoms with Crippen LogP contribution in [0.5, 0.6) is 0 Å². The van der Waals surface area contributed by atoms with Crippen molar-refractivity contribution in [2.75, 3.05) is 11.9 Å². The van der Waals surface area contributed by atoms with Gasteiger partial charge in [0.25, 0.3) is 0 Å². The number of hydrogen-bond acceptors (Lipinski definition) is 2. The second kappa shape index (κ2) is 5.69. The van der Waals surface area contributed by atoms with E-state index in [1.807, 2.05) is 32.0 Å². The van der Waals surface area contributed by atoms with Crippen LogP contribution < -0.4 is 5.32 Å². The molecular weight excluding hydrogens is 266 g/mol. The molecule has 0 radical (unpaired) electrons. The van der Waals surface area contributed by atoms with Crippen molar-refractivity contribution in [2.24, 2.45) is 0 Å². The monoisotopic (exact) mass is 285 g/mol. The Bertz CT molecular complexity index is 348. The first-order valence-corrected chi connectivity index (χ1v) is 6.53. The summed E-state index contributed by atoms with van der Waals surface area (Å²) in [5.41, 5.74) is 1.65. The van der Waals surface area contributed by atoms with Gasteiger partial charge in [0.1, 0.15) is 0 Å². The molecule has 0 amide bonds. The molecule has 16 heavy (non-hydrogen) atoms. The van der Waals surface area contributed by atoms with Gasteiger partial charge in [-0.15, -0.1) is 0 Å². The molecule has 0 unspecified atom stereocenters. The third kappa shape index (κ3) is 3.22. The standard InChI is InChI=1S/C13H20BrNO/c1-4-13(16,5-2)9-15-12-8-6-7-11(14)10(12)3/h6-8,15-16H,4-5,9H2,1-3H3. The fraction of sp³-hybridized carbons (Fsp3) is 0.538. The molecule has 0 bridgehead atoms. The van der Waals surface area contributed by atoms with Crippen LogP contribution in [0.3, 0.4) is 0 Å². The second-order valence-corrected chi connectivity index (χ2v) is 5.05. The number of aliphatic hydroxyl groups is 1. The average Bonchev–Trinajstić information content (AvgIpc) is 2.31. The number of benzene rings is 1. The summed E-state index contributed by atoms with van der Waals surface area (Å²) in [4.78, 5) is 0. The minimum absolute atomic E-state index is 0.595. The zero-order valence-electron chi connectivity index (χ0n) is 10.2. The molecule has 2 nitrogen and oxygen atoms in total. The molecule has 3 heteroatoms. The van der Waals surface area contributed by atoms with Crippen LogP contribution in [0.25, 0.3) is 0 Å². The van der Waals surface area contributed by atoms with Gasteiger partial charge in [-0.3, -0.25) is 0 Å². The van der Waals surface area contributed by atoms with Crippen LogP contribution in [-0.2, 0) is 0 Å². The minimum Gasteiger partial charge on any atom is -0.388 e. The summed E-state index contributed by atoms with van der Waals surface area (Å²) in [6, 6.07) is 6.05. The maximum atomic E-state index is 10.2. The summed E-state index contributed by atoms with van der Waals surface area (Å²) in [6.07, 6.45) is 1.53. The lowest BCUT2D eigenvalue weighted by atomic mass is 9.97. The van der Waals surface area contributed by atoms with Gasteiger partial charge in [-0.25, -0.2) is 0 Å². The number of hydrogen-bond donors (Lipinski definition) is 2. The fourth-order valence-electron chi connectivity index (χ4n) is 1.56. The number of rotatable bonds is 5. The molecule has 0 spiro atoms. The average molecular weight is 286 g/mol. The molecule has 2 N–H and O–H groups in total. The largest absolute Gasteiger partial charge is 0.388 e. The van der Waals surface area contributed by atoms with Gasteiger partial charge in [-0.1, -0.05) is 35.8 Å². The number of nitrogens with one attached hydrogen (secondary N) is 1. The van der Waals surface area contributed by atoms with E-state index < -0.39 is 5.60 Å². The summed E-state index contributed by atoms with van der Waals surface area (Å²) in [6.45, 7) is 6.68. The SMILES string of the molecule is CCC(O)(CC)CNc1cccc(Br)c1C. The van der Waals surface area contributed by atoms with Crippen molar-refractivity contribution in [1.29, 1.82) is 0 Å². The highest BCUT2D eigenvalue weighted by Gasteiger charge is 2.21. The molecule has 1 aromatic rings. The summed E-state index contributed by atoms with van der Waals surface area (Å²) in [5.74, 6) is 0. The molecule has 0 aromatic heterocycles. The Labute approximate surface area is 106 Å². The van der Waals surface area contributed by atoms with E-state index in [9.17, 15) is 5.11 Å². The van der Waals surface area contributed by atoms with Gasteiger partial charge in [-0.2, -0.15) is 0 Å². The van der Waals surface area contributed by atoms with Crippen molar-refractivity contribution in [2.45, 2.75) is 39.2 Å². The molecule has 0 atom stereocenters. The predicted octanol–water partition coefficient (Wildman–Crippen LogP) is 3.72. The molecule has 0 aliphatic heterocycles. The van der Waals surface area contributed by atoms with Crippen LogP contribution in [0.4, 0.5) is 5.69 Å². The Morgan fingerprint density at radius 3 is 2.50 bits per heavy atom. The van der Waals surface area contributed by atoms with E-state index in [4.69, 9.17) is 0 Å². The highest BCUT2D eigenvalue weighted by molar-refractivity contribution is 9.10. The molecule has 1 aromatic carbocycles. The minimum atomic E-state index is -0.602. The molecule has 0 aliphatic rings. The third-order valence-corrected chi connectivity index (χ3v) is 4.05. The zero-order valence-corrected chi connectivity index (χ0v) is 11.8.